The summed E-state index contributed by atoms with van der Waals surface area (Å²) in [6.45, 7) is 9.49. The number of aromatic nitrogens is 4. The lowest BCUT2D eigenvalue weighted by atomic mass is 10.0. The van der Waals surface area contributed by atoms with E-state index in [0.29, 0.717) is 0 Å². The van der Waals surface area contributed by atoms with Crippen molar-refractivity contribution in [1.29, 1.82) is 0 Å². The molecule has 0 fully saturated rings. The smallest absolute Gasteiger partial charge is 0.165 e. The van der Waals surface area contributed by atoms with Crippen molar-refractivity contribution in [2.45, 2.75) is 75.0 Å². The Morgan fingerprint density at radius 3 is 1.28 bits per heavy atom. The second-order valence-electron chi connectivity index (χ2n) is 16.3. The van der Waals surface area contributed by atoms with E-state index < -0.39 is 0 Å². The number of hydrogen-bond acceptors (Lipinski definition) is 10. The lowest BCUT2D eigenvalue weighted by molar-refractivity contribution is 0.282. The Bertz CT molecular complexity index is 2010. The average Bonchev–Trinajstić information content (AvgIpc) is 3.99. The molecule has 0 aliphatic carbocycles. The van der Waals surface area contributed by atoms with Crippen molar-refractivity contribution in [1.82, 2.24) is 29.7 Å². The second kappa shape index (κ2) is 20.1. The maximum Gasteiger partial charge on any atom is 0.165 e. The van der Waals surface area contributed by atoms with E-state index in [0.717, 1.165) is 126 Å². The van der Waals surface area contributed by atoms with Crippen molar-refractivity contribution in [3.63, 3.8) is 0 Å². The molecule has 0 saturated carbocycles. The van der Waals surface area contributed by atoms with Crippen LogP contribution in [0.3, 0.4) is 0 Å². The van der Waals surface area contributed by atoms with Gasteiger partial charge in [-0.3, -0.25) is 0 Å². The number of thioether (sulfide) groups is 2. The summed E-state index contributed by atoms with van der Waals surface area (Å²) < 4.78 is 0. The van der Waals surface area contributed by atoms with Crippen LogP contribution in [0.1, 0.15) is 57.3 Å². The zero-order valence-corrected chi connectivity index (χ0v) is 36.2. The number of anilines is 4. The van der Waals surface area contributed by atoms with Gasteiger partial charge < -0.3 is 41.0 Å². The molecular formula is C48H58N10S2. The first kappa shape index (κ1) is 40.5. The minimum atomic E-state index is 0.808. The number of imidazole rings is 2. The number of aromatic amines is 2. The Morgan fingerprint density at radius 2 is 0.850 bits per heavy atom. The summed E-state index contributed by atoms with van der Waals surface area (Å²) in [5, 5.41) is 17.3. The molecule has 0 saturated heterocycles. The fourth-order valence-electron chi connectivity index (χ4n) is 8.59. The van der Waals surface area contributed by atoms with Gasteiger partial charge in [0.25, 0.3) is 0 Å². The second-order valence-corrected chi connectivity index (χ2v) is 18.4. The van der Waals surface area contributed by atoms with Crippen LogP contribution < -0.4 is 21.3 Å². The van der Waals surface area contributed by atoms with Gasteiger partial charge in [-0.1, -0.05) is 72.1 Å². The normalized spacial score (nSPS) is 16.1. The molecule has 6 aromatic rings. The fourth-order valence-corrected chi connectivity index (χ4v) is 10.1. The van der Waals surface area contributed by atoms with Crippen molar-refractivity contribution < 1.29 is 0 Å². The van der Waals surface area contributed by atoms with E-state index in [2.05, 4.69) is 124 Å². The first-order valence-electron chi connectivity index (χ1n) is 21.8. The molecule has 2 aromatic heterocycles. The third-order valence-corrected chi connectivity index (χ3v) is 14.1. The molecule has 3 aliphatic rings. The minimum Gasteiger partial charge on any atom is -0.381 e. The zero-order chi connectivity index (χ0) is 40.4. The van der Waals surface area contributed by atoms with E-state index in [1.54, 1.807) is 0 Å². The predicted octanol–water partition coefficient (Wildman–Crippen LogP) is 9.06. The van der Waals surface area contributed by atoms with Gasteiger partial charge in [-0.15, -0.1) is 0 Å². The molecule has 0 unspecified atom stereocenters. The minimum absolute atomic E-state index is 0.808. The Hall–Kier alpha value is -4.88. The largest absolute Gasteiger partial charge is 0.381 e. The summed E-state index contributed by atoms with van der Waals surface area (Å²) in [6, 6.07) is 28.2. The highest BCUT2D eigenvalue weighted by Crippen LogP contribution is 2.30. The van der Waals surface area contributed by atoms with Crippen LogP contribution in [0.2, 0.25) is 0 Å². The Labute approximate surface area is 363 Å². The highest BCUT2D eigenvalue weighted by atomic mass is 32.2. The van der Waals surface area contributed by atoms with Crippen LogP contribution >= 0.6 is 23.5 Å². The average molecular weight is 839 g/mol. The van der Waals surface area contributed by atoms with Crippen LogP contribution in [0.15, 0.2) is 108 Å². The van der Waals surface area contributed by atoms with Crippen LogP contribution in [0.4, 0.5) is 22.7 Å². The van der Waals surface area contributed by atoms with E-state index in [1.807, 2.05) is 48.3 Å². The monoisotopic (exact) mass is 838 g/mol. The number of benzene rings is 4. The molecule has 312 valence electrons. The Morgan fingerprint density at radius 1 is 0.450 bits per heavy atom. The van der Waals surface area contributed by atoms with Gasteiger partial charge in [-0.2, -0.15) is 0 Å². The molecule has 4 aromatic carbocycles. The number of nitrogens with one attached hydrogen (secondary N) is 6. The van der Waals surface area contributed by atoms with Gasteiger partial charge in [0.15, 0.2) is 10.3 Å². The molecule has 10 nitrogen and oxygen atoms in total. The summed E-state index contributed by atoms with van der Waals surface area (Å²) in [7, 11) is 0. The van der Waals surface area contributed by atoms with E-state index in [4.69, 9.17) is 0 Å². The SMILES string of the molecule is c1c[nH]c(SCCCN2CCc3ccc4c(c3)CNc3cc(ccc3CN4)CCN(CCCSc3ncc[nH]3)CCc3ccc4c(c3)NCc3cc(ccc3NC4)CC2)n1. The number of nitrogens with zero attached hydrogens (tertiary/aromatic N) is 4. The van der Waals surface area contributed by atoms with Gasteiger partial charge in [0.1, 0.15) is 0 Å². The molecule has 60 heavy (non-hydrogen) atoms. The van der Waals surface area contributed by atoms with E-state index >= 15 is 0 Å². The summed E-state index contributed by atoms with van der Waals surface area (Å²) in [5.41, 5.74) is 15.8. The third-order valence-electron chi connectivity index (χ3n) is 12.1. The van der Waals surface area contributed by atoms with Crippen molar-refractivity contribution >= 4 is 46.3 Å². The van der Waals surface area contributed by atoms with Gasteiger partial charge in [0, 0.05) is 111 Å². The quantitative estimate of drug-likeness (QED) is 0.0591. The Kier molecular flexibility index (Phi) is 13.6. The van der Waals surface area contributed by atoms with E-state index in [9.17, 15) is 0 Å². The van der Waals surface area contributed by atoms with E-state index in [-0.39, 0.29) is 0 Å². The summed E-state index contributed by atoms with van der Waals surface area (Å²) in [6.07, 6.45) is 13.8. The summed E-state index contributed by atoms with van der Waals surface area (Å²) in [5.74, 6) is 2.10. The third kappa shape index (κ3) is 10.9. The maximum absolute atomic E-state index is 4.42. The lowest BCUT2D eigenvalue weighted by Gasteiger charge is -2.25. The topological polar surface area (TPSA) is 112 Å². The van der Waals surface area contributed by atoms with Crippen LogP contribution in [0.25, 0.3) is 0 Å². The highest BCUT2D eigenvalue weighted by molar-refractivity contribution is 7.99. The van der Waals surface area contributed by atoms with Crippen LogP contribution in [0, 0.1) is 0 Å². The number of rotatable bonds is 10. The van der Waals surface area contributed by atoms with Gasteiger partial charge in [-0.25, -0.2) is 9.97 Å². The number of H-pyrrole nitrogens is 2. The van der Waals surface area contributed by atoms with Crippen LogP contribution in [-0.2, 0) is 51.9 Å². The molecule has 0 radical (unpaired) electrons. The number of fused-ring (bicyclic) bond motifs is 6. The molecule has 0 atom stereocenters. The highest BCUT2D eigenvalue weighted by Gasteiger charge is 2.17. The zero-order valence-electron chi connectivity index (χ0n) is 34.6. The van der Waals surface area contributed by atoms with Crippen molar-refractivity contribution in [3.05, 3.63) is 142 Å². The Balaban J connectivity index is 0.946. The molecule has 12 heteroatoms. The van der Waals surface area contributed by atoms with Crippen molar-refractivity contribution in [2.24, 2.45) is 0 Å². The first-order chi connectivity index (χ1) is 29.7. The molecule has 5 heterocycles. The molecule has 0 amide bonds. The van der Waals surface area contributed by atoms with Crippen molar-refractivity contribution in [3.8, 4) is 0 Å². The molecule has 9 rings (SSSR count). The summed E-state index contributed by atoms with van der Waals surface area (Å²) >= 11 is 3.62. The molecule has 0 spiro atoms. The van der Waals surface area contributed by atoms with Crippen LogP contribution in [-0.4, -0.2) is 80.5 Å². The molecule has 3 aliphatic heterocycles. The summed E-state index contributed by atoms with van der Waals surface area (Å²) in [4.78, 5) is 20.7. The van der Waals surface area contributed by atoms with Gasteiger partial charge in [0.05, 0.1) is 0 Å². The first-order valence-corrected chi connectivity index (χ1v) is 23.8. The maximum atomic E-state index is 4.42. The van der Waals surface area contributed by atoms with Crippen molar-refractivity contribution in [2.75, 3.05) is 72.0 Å². The molecule has 8 bridgehead atoms. The van der Waals surface area contributed by atoms with Gasteiger partial charge in [0.2, 0.25) is 0 Å². The lowest BCUT2D eigenvalue weighted by Crippen LogP contribution is -2.30. The predicted molar refractivity (Wildman–Crippen MR) is 251 cm³/mol. The van der Waals surface area contributed by atoms with Crippen LogP contribution in [0.5, 0.6) is 0 Å². The van der Waals surface area contributed by atoms with Gasteiger partial charge in [-0.05, 0) is 120 Å². The van der Waals surface area contributed by atoms with E-state index in [1.165, 1.54) is 67.3 Å². The fraction of sp³-hybridized carbons (Fsp3) is 0.375. The molecular weight excluding hydrogens is 781 g/mol. The number of hydrogen-bond donors (Lipinski definition) is 6. The van der Waals surface area contributed by atoms with Gasteiger partial charge >= 0.3 is 0 Å². The molecule has 6 N–H and O–H groups in total. The standard InChI is InChI=1S/C48H58N10S2/c1(25-59-47-49-15-16-50-47)19-57-21-11-35-5-9-43-41(27-35)33-55-45-29-37(3-7-39(45)31-53-43)13-23-58(20-2-26-60-48-51-17-18-52-48)24-14-38-4-8-40-32-54-44-10-6-36(12-22-57)28-42(44)34-56-46(40)30-38/h3-10,15-18,27-30,53-56H,1-2,11-14,19-26,31-34H2,(H,49,50)(H,51,52).